The van der Waals surface area contributed by atoms with E-state index in [1.54, 1.807) is 4.90 Å². The minimum absolute atomic E-state index is 0.134. The molecule has 8 heteroatoms. The van der Waals surface area contributed by atoms with Crippen LogP contribution in [0.2, 0.25) is 0 Å². The van der Waals surface area contributed by atoms with Gasteiger partial charge in [-0.1, -0.05) is 0 Å². The van der Waals surface area contributed by atoms with Gasteiger partial charge >= 0.3 is 0 Å². The van der Waals surface area contributed by atoms with Gasteiger partial charge in [-0.25, -0.2) is 0 Å². The molecule has 4 aliphatic rings. The van der Waals surface area contributed by atoms with Crippen molar-refractivity contribution in [3.8, 4) is 0 Å². The number of rotatable bonds is 4. The van der Waals surface area contributed by atoms with Crippen LogP contribution in [0.5, 0.6) is 0 Å². The minimum atomic E-state index is -0.577. The zero-order valence-electron chi connectivity index (χ0n) is 16.9. The predicted molar refractivity (Wildman–Crippen MR) is 109 cm³/mol. The number of aldehydes is 1. The number of benzene rings is 1. The quantitative estimate of drug-likeness (QED) is 0.576. The van der Waals surface area contributed by atoms with Crippen LogP contribution in [0.15, 0.2) is 18.2 Å². The van der Waals surface area contributed by atoms with Gasteiger partial charge < -0.3 is 14.6 Å². The summed E-state index contributed by atoms with van der Waals surface area (Å²) in [7, 11) is 0. The molecular formula is C22H26N4O4. The number of nitrogens with one attached hydrogen (secondary N) is 1. The molecule has 1 aromatic carbocycles. The van der Waals surface area contributed by atoms with Crippen molar-refractivity contribution in [1.82, 2.24) is 15.1 Å². The van der Waals surface area contributed by atoms with Crippen molar-refractivity contribution >= 4 is 29.7 Å². The van der Waals surface area contributed by atoms with Crippen LogP contribution in [-0.2, 0) is 20.9 Å². The second-order valence-corrected chi connectivity index (χ2v) is 8.79. The summed E-state index contributed by atoms with van der Waals surface area (Å²) in [6, 6.07) is 5.90. The molecule has 0 bridgehead atoms. The molecule has 8 nitrogen and oxygen atoms in total. The van der Waals surface area contributed by atoms with Crippen LogP contribution in [0.4, 0.5) is 5.69 Å². The number of hydrogen-bond donors (Lipinski definition) is 1. The lowest BCUT2D eigenvalue weighted by molar-refractivity contribution is -0.136. The summed E-state index contributed by atoms with van der Waals surface area (Å²) in [5.41, 5.74) is 2.69. The average molecular weight is 410 g/mol. The van der Waals surface area contributed by atoms with Crippen molar-refractivity contribution in [2.75, 3.05) is 31.1 Å². The molecule has 1 unspecified atom stereocenters. The lowest BCUT2D eigenvalue weighted by Gasteiger charge is -2.45. The van der Waals surface area contributed by atoms with Gasteiger partial charge in [0.05, 0.1) is 0 Å². The van der Waals surface area contributed by atoms with Crippen LogP contribution in [-0.4, -0.2) is 72.1 Å². The van der Waals surface area contributed by atoms with Gasteiger partial charge in [0.15, 0.2) is 0 Å². The Morgan fingerprint density at radius 1 is 1.03 bits per heavy atom. The highest BCUT2D eigenvalue weighted by atomic mass is 16.2. The third-order valence-corrected chi connectivity index (χ3v) is 7.05. The van der Waals surface area contributed by atoms with Crippen molar-refractivity contribution < 1.29 is 19.2 Å². The molecule has 0 aromatic heterocycles. The SMILES string of the molecule is O=CC1CC(N2CCN(c3ccc4c(c3)CN(C3CCC(=O)NC3=O)C4=O)CC2)C1. The smallest absolute Gasteiger partial charge is 0.255 e. The highest BCUT2D eigenvalue weighted by Crippen LogP contribution is 2.33. The van der Waals surface area contributed by atoms with Crippen molar-refractivity contribution in [3.63, 3.8) is 0 Å². The number of fused-ring (bicyclic) bond motifs is 1. The Labute approximate surface area is 175 Å². The van der Waals surface area contributed by atoms with E-state index < -0.39 is 6.04 Å². The van der Waals surface area contributed by atoms with E-state index in [9.17, 15) is 19.2 Å². The highest BCUT2D eigenvalue weighted by Gasteiger charge is 2.39. The van der Waals surface area contributed by atoms with E-state index in [0.29, 0.717) is 24.6 Å². The number of imide groups is 1. The van der Waals surface area contributed by atoms with Crippen molar-refractivity contribution in [2.24, 2.45) is 5.92 Å². The van der Waals surface area contributed by atoms with Crippen LogP contribution in [0.1, 0.15) is 41.6 Å². The van der Waals surface area contributed by atoms with E-state index in [1.165, 1.54) is 0 Å². The van der Waals surface area contributed by atoms with Gasteiger partial charge in [0.25, 0.3) is 5.91 Å². The van der Waals surface area contributed by atoms with Crippen LogP contribution in [0, 0.1) is 5.92 Å². The number of piperidine rings is 1. The first-order valence-electron chi connectivity index (χ1n) is 10.8. The molecule has 158 valence electrons. The summed E-state index contributed by atoms with van der Waals surface area (Å²) in [6.45, 7) is 4.21. The summed E-state index contributed by atoms with van der Waals surface area (Å²) in [5, 5.41) is 2.34. The molecule has 3 amide bonds. The van der Waals surface area contributed by atoms with Gasteiger partial charge in [-0.15, -0.1) is 0 Å². The number of amides is 3. The van der Waals surface area contributed by atoms with Gasteiger partial charge in [-0.3, -0.25) is 24.6 Å². The maximum atomic E-state index is 12.8. The van der Waals surface area contributed by atoms with E-state index >= 15 is 0 Å². The summed E-state index contributed by atoms with van der Waals surface area (Å²) < 4.78 is 0. The number of carbonyl (C=O) groups excluding carboxylic acids is 4. The van der Waals surface area contributed by atoms with Gasteiger partial charge in [0.1, 0.15) is 12.3 Å². The number of carbonyl (C=O) groups is 4. The maximum absolute atomic E-state index is 12.8. The first kappa shape index (κ1) is 19.2. The zero-order valence-corrected chi connectivity index (χ0v) is 16.9. The molecule has 30 heavy (non-hydrogen) atoms. The van der Waals surface area contributed by atoms with Crippen molar-refractivity contribution in [2.45, 2.75) is 44.3 Å². The fraction of sp³-hybridized carbons (Fsp3) is 0.545. The Bertz CT molecular complexity index is 902. The molecule has 1 saturated carbocycles. The van der Waals surface area contributed by atoms with Crippen LogP contribution >= 0.6 is 0 Å². The predicted octanol–water partition coefficient (Wildman–Crippen LogP) is 0.547. The Hall–Kier alpha value is -2.74. The molecule has 1 aliphatic carbocycles. The second-order valence-electron chi connectivity index (χ2n) is 8.79. The van der Waals surface area contributed by atoms with E-state index in [1.807, 2.05) is 12.1 Å². The second kappa shape index (κ2) is 7.50. The van der Waals surface area contributed by atoms with Crippen molar-refractivity contribution in [3.05, 3.63) is 29.3 Å². The molecule has 1 N–H and O–H groups in total. The lowest BCUT2D eigenvalue weighted by Crippen LogP contribution is -2.54. The molecule has 3 heterocycles. The summed E-state index contributed by atoms with van der Waals surface area (Å²) >= 11 is 0. The monoisotopic (exact) mass is 410 g/mol. The van der Waals surface area contributed by atoms with Crippen LogP contribution in [0.3, 0.4) is 0 Å². The molecule has 5 rings (SSSR count). The third kappa shape index (κ3) is 3.29. The Kier molecular flexibility index (Phi) is 4.81. The van der Waals surface area contributed by atoms with Crippen LogP contribution in [0.25, 0.3) is 0 Å². The van der Waals surface area contributed by atoms with E-state index in [2.05, 4.69) is 21.2 Å². The third-order valence-electron chi connectivity index (χ3n) is 7.05. The molecule has 0 spiro atoms. The van der Waals surface area contributed by atoms with Crippen molar-refractivity contribution in [1.29, 1.82) is 0 Å². The lowest BCUT2D eigenvalue weighted by atomic mass is 9.80. The first-order valence-corrected chi connectivity index (χ1v) is 10.8. The summed E-state index contributed by atoms with van der Waals surface area (Å²) in [4.78, 5) is 53.7. The molecule has 1 aromatic rings. The normalized spacial score (nSPS) is 29.5. The van der Waals surface area contributed by atoms with Crippen LogP contribution < -0.4 is 10.2 Å². The van der Waals surface area contributed by atoms with Gasteiger partial charge in [-0.05, 0) is 43.0 Å². The standard InChI is InChI=1S/C22H26N4O4/c27-13-14-9-17(10-14)25-7-5-24(6-8-25)16-1-2-18-15(11-16)12-26(22(18)30)19-3-4-20(28)23-21(19)29/h1-2,11,13-14,17,19H,3-10,12H2,(H,23,28,29). The summed E-state index contributed by atoms with van der Waals surface area (Å²) in [6.07, 6.45) is 3.70. The highest BCUT2D eigenvalue weighted by molar-refractivity contribution is 6.05. The Morgan fingerprint density at radius 2 is 1.80 bits per heavy atom. The van der Waals surface area contributed by atoms with E-state index in [0.717, 1.165) is 56.6 Å². The van der Waals surface area contributed by atoms with E-state index in [-0.39, 0.29) is 30.1 Å². The topological polar surface area (TPSA) is 90.0 Å². The molecule has 0 radical (unpaired) electrons. The zero-order chi connectivity index (χ0) is 20.8. The number of hydrogen-bond acceptors (Lipinski definition) is 6. The number of anilines is 1. The van der Waals surface area contributed by atoms with Gasteiger partial charge in [0.2, 0.25) is 11.8 Å². The first-order chi connectivity index (χ1) is 14.5. The summed E-state index contributed by atoms with van der Waals surface area (Å²) in [5.74, 6) is -0.540. The molecule has 2 saturated heterocycles. The molecular weight excluding hydrogens is 384 g/mol. The maximum Gasteiger partial charge on any atom is 0.255 e. The molecule has 1 atom stereocenters. The molecule has 3 fully saturated rings. The van der Waals surface area contributed by atoms with Gasteiger partial charge in [-0.2, -0.15) is 0 Å². The van der Waals surface area contributed by atoms with E-state index in [4.69, 9.17) is 0 Å². The molecule has 3 aliphatic heterocycles. The van der Waals surface area contributed by atoms with Gasteiger partial charge in [0, 0.05) is 62.4 Å². The average Bonchev–Trinajstić information content (AvgIpc) is 3.03. The fourth-order valence-electron chi connectivity index (χ4n) is 5.14. The number of piperazine rings is 1. The fourth-order valence-corrected chi connectivity index (χ4v) is 5.14. The largest absolute Gasteiger partial charge is 0.369 e. The number of nitrogens with zero attached hydrogens (tertiary/aromatic N) is 3. The Balaban J connectivity index is 1.23. The Morgan fingerprint density at radius 3 is 2.50 bits per heavy atom. The minimum Gasteiger partial charge on any atom is -0.369 e.